The van der Waals surface area contributed by atoms with E-state index in [0.29, 0.717) is 45.0 Å². The number of aliphatic imine (C=N–C) groups is 1. The number of amides is 3. The van der Waals surface area contributed by atoms with Gasteiger partial charge in [0.25, 0.3) is 5.91 Å². The van der Waals surface area contributed by atoms with Gasteiger partial charge in [0.2, 0.25) is 5.78 Å². The van der Waals surface area contributed by atoms with E-state index in [2.05, 4.69) is 20.0 Å². The number of benzene rings is 1. The second-order valence-corrected chi connectivity index (χ2v) is 12.2. The Morgan fingerprint density at radius 1 is 0.957 bits per heavy atom. The summed E-state index contributed by atoms with van der Waals surface area (Å²) in [5, 5.41) is 3.91. The molecule has 1 saturated carbocycles. The molecular weight excluding hydrogens is 627 g/mol. The molecule has 46 heavy (non-hydrogen) atoms. The van der Waals surface area contributed by atoms with Gasteiger partial charge >= 0.3 is 12.2 Å². The van der Waals surface area contributed by atoms with Gasteiger partial charge in [-0.15, -0.1) is 0 Å². The van der Waals surface area contributed by atoms with E-state index >= 15 is 0 Å². The molecule has 0 atom stereocenters. The molecule has 6 rings (SSSR count). The molecule has 0 spiro atoms. The quantitative estimate of drug-likeness (QED) is 0.292. The molecule has 16 heteroatoms. The lowest BCUT2D eigenvalue weighted by Crippen LogP contribution is -2.57. The highest BCUT2D eigenvalue weighted by atomic mass is 35.5. The van der Waals surface area contributed by atoms with Crippen molar-refractivity contribution in [2.45, 2.75) is 25.1 Å². The summed E-state index contributed by atoms with van der Waals surface area (Å²) in [6.45, 7) is 4.64. The number of likely N-dealkylation sites (N-methyl/N-ethyl adjacent to an activating group) is 1. The van der Waals surface area contributed by atoms with Gasteiger partial charge in [0.1, 0.15) is 0 Å². The number of halogens is 4. The molecule has 0 bridgehead atoms. The fourth-order valence-corrected chi connectivity index (χ4v) is 5.88. The number of Topliss-reactive ketones (excluding diaryl/α,β-unsaturated/α-hetero) is 1. The third-order valence-electron chi connectivity index (χ3n) is 8.53. The standard InChI is InChI=1S/C30H33ClF3N9O3/c1-38-7-9-41(10-8-38)29(46)42-13-11-40(12-14-42)28(45)21-6-3-19(15-23(21)31)35-17-25(44)27-36-16-24(39(27)2)22-18-43(20-4-5-20)37-26(22)30(32,33)34/h3,6,15-18,20H,4-5,7-14H2,1-2H3. The van der Waals surface area contributed by atoms with Crippen LogP contribution in [0.5, 0.6) is 0 Å². The minimum Gasteiger partial charge on any atom is -0.335 e. The lowest BCUT2D eigenvalue weighted by atomic mass is 10.1. The zero-order valence-electron chi connectivity index (χ0n) is 25.4. The van der Waals surface area contributed by atoms with E-state index in [1.807, 2.05) is 11.9 Å². The maximum absolute atomic E-state index is 13.7. The number of hydrogen-bond donors (Lipinski definition) is 0. The van der Waals surface area contributed by atoms with Gasteiger partial charge < -0.3 is 24.2 Å². The molecule has 2 aromatic heterocycles. The highest BCUT2D eigenvalue weighted by Gasteiger charge is 2.40. The Labute approximate surface area is 268 Å². The zero-order valence-corrected chi connectivity index (χ0v) is 26.1. The minimum atomic E-state index is -4.67. The average Bonchev–Trinajstić information content (AvgIpc) is 3.67. The second-order valence-electron chi connectivity index (χ2n) is 11.8. The van der Waals surface area contributed by atoms with Crippen molar-refractivity contribution in [1.82, 2.24) is 38.9 Å². The summed E-state index contributed by atoms with van der Waals surface area (Å²) >= 11 is 6.45. The zero-order chi connectivity index (χ0) is 32.7. The molecule has 3 fully saturated rings. The molecule has 1 aromatic carbocycles. The van der Waals surface area contributed by atoms with Crippen molar-refractivity contribution in [3.05, 3.63) is 52.7 Å². The van der Waals surface area contributed by atoms with Crippen molar-refractivity contribution >= 4 is 41.2 Å². The Balaban J connectivity index is 1.09. The predicted octanol–water partition coefficient (Wildman–Crippen LogP) is 4.00. The summed E-state index contributed by atoms with van der Waals surface area (Å²) in [5.41, 5.74) is -0.504. The number of hydrogen-bond acceptors (Lipinski definition) is 7. The maximum Gasteiger partial charge on any atom is 0.435 e. The molecule has 3 aliphatic rings. The number of carbonyl (C=O) groups is 3. The fourth-order valence-electron chi connectivity index (χ4n) is 5.62. The fraction of sp³-hybridized carbons (Fsp3) is 0.467. The van der Waals surface area contributed by atoms with Crippen LogP contribution in [0.1, 0.15) is 45.6 Å². The Morgan fingerprint density at radius 3 is 2.20 bits per heavy atom. The molecule has 0 unspecified atom stereocenters. The van der Waals surface area contributed by atoms with E-state index < -0.39 is 17.7 Å². The largest absolute Gasteiger partial charge is 0.435 e. The van der Waals surface area contributed by atoms with Crippen molar-refractivity contribution in [2.75, 3.05) is 59.4 Å². The number of alkyl halides is 3. The number of nitrogens with zero attached hydrogens (tertiary/aromatic N) is 9. The van der Waals surface area contributed by atoms with Gasteiger partial charge in [-0.3, -0.25) is 19.3 Å². The molecular formula is C30H33ClF3N9O3. The Bertz CT molecular complexity index is 1680. The van der Waals surface area contributed by atoms with Crippen molar-refractivity contribution in [3.63, 3.8) is 0 Å². The predicted molar refractivity (Wildman–Crippen MR) is 164 cm³/mol. The maximum atomic E-state index is 13.7. The first-order valence-corrected chi connectivity index (χ1v) is 15.4. The summed E-state index contributed by atoms with van der Waals surface area (Å²) in [6, 6.07) is 4.46. The number of rotatable bonds is 6. The summed E-state index contributed by atoms with van der Waals surface area (Å²) < 4.78 is 43.8. The summed E-state index contributed by atoms with van der Waals surface area (Å²) in [4.78, 5) is 54.7. The molecule has 2 aliphatic heterocycles. The smallest absolute Gasteiger partial charge is 0.335 e. The van der Waals surface area contributed by atoms with Crippen LogP contribution in [0.2, 0.25) is 5.02 Å². The Morgan fingerprint density at radius 2 is 1.59 bits per heavy atom. The van der Waals surface area contributed by atoms with Crippen molar-refractivity contribution in [3.8, 4) is 11.3 Å². The molecule has 0 radical (unpaired) electrons. The van der Waals surface area contributed by atoms with Gasteiger partial charge in [-0.2, -0.15) is 18.3 Å². The lowest BCUT2D eigenvalue weighted by Gasteiger charge is -2.40. The van der Waals surface area contributed by atoms with E-state index in [1.165, 1.54) is 40.8 Å². The van der Waals surface area contributed by atoms with Gasteiger partial charge in [-0.1, -0.05) is 11.6 Å². The normalized spacial score (nSPS) is 18.1. The molecule has 12 nitrogen and oxygen atoms in total. The first kappa shape index (κ1) is 31.7. The van der Waals surface area contributed by atoms with Crippen molar-refractivity contribution in [2.24, 2.45) is 12.0 Å². The highest BCUT2D eigenvalue weighted by Crippen LogP contribution is 2.41. The molecule has 0 N–H and O–H groups in total. The van der Waals surface area contributed by atoms with E-state index in [0.717, 1.165) is 32.1 Å². The highest BCUT2D eigenvalue weighted by molar-refractivity contribution is 6.35. The van der Waals surface area contributed by atoms with E-state index in [-0.39, 0.29) is 45.6 Å². The van der Waals surface area contributed by atoms with Crippen LogP contribution in [-0.2, 0) is 13.2 Å². The summed E-state index contributed by atoms with van der Waals surface area (Å²) in [7, 11) is 3.48. The number of urea groups is 1. The van der Waals surface area contributed by atoms with Crippen molar-refractivity contribution < 1.29 is 27.6 Å². The first-order chi connectivity index (χ1) is 21.9. The molecule has 4 heterocycles. The van der Waals surface area contributed by atoms with E-state index in [1.54, 1.807) is 15.9 Å². The number of carbonyl (C=O) groups excluding carboxylic acids is 3. The van der Waals surface area contributed by atoms with E-state index in [4.69, 9.17) is 11.6 Å². The minimum absolute atomic E-state index is 0.00694. The first-order valence-electron chi connectivity index (χ1n) is 15.0. The van der Waals surface area contributed by atoms with Crippen LogP contribution >= 0.6 is 11.6 Å². The number of aromatic nitrogens is 4. The summed E-state index contributed by atoms with van der Waals surface area (Å²) in [6.07, 6.45) is 0.423. The van der Waals surface area contributed by atoms with Gasteiger partial charge in [0, 0.05) is 65.6 Å². The number of ketones is 1. The van der Waals surface area contributed by atoms with Crippen LogP contribution in [0.3, 0.4) is 0 Å². The number of imidazole rings is 1. The SMILES string of the molecule is CN1CCN(C(=O)N2CCN(C(=O)c3ccc(N=CC(=O)c4ncc(-c5cn(C6CC6)nc5C(F)(F)F)n4C)cc3Cl)CC2)CC1. The Hall–Kier alpha value is -4.24. The van der Waals surface area contributed by atoms with Crippen LogP contribution in [-0.4, -0.2) is 122 Å². The average molecular weight is 660 g/mol. The molecule has 2 saturated heterocycles. The van der Waals surface area contributed by atoms with Crippen LogP contribution in [0.4, 0.5) is 23.7 Å². The van der Waals surface area contributed by atoms with Crippen LogP contribution in [0.15, 0.2) is 35.6 Å². The lowest BCUT2D eigenvalue weighted by molar-refractivity contribution is -0.141. The van der Waals surface area contributed by atoms with Crippen LogP contribution in [0, 0.1) is 0 Å². The second kappa shape index (κ2) is 12.5. The number of piperazine rings is 2. The van der Waals surface area contributed by atoms with E-state index in [9.17, 15) is 27.6 Å². The third kappa shape index (κ3) is 6.51. The monoisotopic (exact) mass is 659 g/mol. The van der Waals surface area contributed by atoms with Crippen molar-refractivity contribution in [1.29, 1.82) is 0 Å². The topological polar surface area (TPSA) is 112 Å². The van der Waals surface area contributed by atoms with Gasteiger partial charge in [0.05, 0.1) is 46.0 Å². The van der Waals surface area contributed by atoms with Gasteiger partial charge in [-0.25, -0.2) is 9.78 Å². The molecule has 244 valence electrons. The van der Waals surface area contributed by atoms with Gasteiger partial charge in [0.15, 0.2) is 11.5 Å². The van der Waals surface area contributed by atoms with Crippen LogP contribution < -0.4 is 0 Å². The Kier molecular flexibility index (Phi) is 8.63. The molecule has 1 aliphatic carbocycles. The molecule has 3 aromatic rings. The molecule has 3 amide bonds. The summed E-state index contributed by atoms with van der Waals surface area (Å²) in [5.74, 6) is -1.00. The van der Waals surface area contributed by atoms with Crippen LogP contribution in [0.25, 0.3) is 11.3 Å². The van der Waals surface area contributed by atoms with Gasteiger partial charge in [-0.05, 0) is 38.1 Å². The third-order valence-corrected chi connectivity index (χ3v) is 8.84.